The maximum atomic E-state index is 14.2. The first-order chi connectivity index (χ1) is 21.9. The highest BCUT2D eigenvalue weighted by Crippen LogP contribution is 2.36. The number of anilines is 3. The quantitative estimate of drug-likeness (QED) is 0.193. The number of fused-ring (bicyclic) bond motifs is 1. The Bertz CT molecular complexity index is 2190. The summed E-state index contributed by atoms with van der Waals surface area (Å²) in [7, 11) is 0. The molecule has 7 aromatic rings. The van der Waals surface area contributed by atoms with Crippen LogP contribution in [0.25, 0.3) is 39.4 Å². The third-order valence-corrected chi connectivity index (χ3v) is 7.16. The topological polar surface area (TPSA) is 110 Å². The van der Waals surface area contributed by atoms with Crippen molar-refractivity contribution in [1.82, 2.24) is 24.6 Å². The molecular formula is C34H23F2N7O2. The highest BCUT2D eigenvalue weighted by Gasteiger charge is 2.20. The molecule has 1 amide bonds. The fraction of sp³-hybridized carbons (Fsp3) is 0.0294. The molecule has 0 aliphatic carbocycles. The normalized spacial score (nSPS) is 11.1. The molecule has 0 atom stereocenters. The molecule has 0 bridgehead atoms. The van der Waals surface area contributed by atoms with Gasteiger partial charge in [0.1, 0.15) is 22.9 Å². The third kappa shape index (κ3) is 5.38. The zero-order chi connectivity index (χ0) is 30.9. The first kappa shape index (κ1) is 27.6. The summed E-state index contributed by atoms with van der Waals surface area (Å²) in [5.41, 5.74) is 5.47. The molecule has 7 rings (SSSR count). The summed E-state index contributed by atoms with van der Waals surface area (Å²) in [6.07, 6.45) is 4.90. The fourth-order valence-corrected chi connectivity index (χ4v) is 5.11. The summed E-state index contributed by atoms with van der Waals surface area (Å²) in [5.74, 6) is -1.74. The van der Waals surface area contributed by atoms with Gasteiger partial charge in [-0.3, -0.25) is 4.79 Å². The van der Waals surface area contributed by atoms with E-state index in [1.807, 2.05) is 61.7 Å². The van der Waals surface area contributed by atoms with Crippen molar-refractivity contribution in [2.24, 2.45) is 0 Å². The number of hydrogen-bond acceptors (Lipinski definition) is 7. The predicted molar refractivity (Wildman–Crippen MR) is 166 cm³/mol. The number of carbonyl (C=O) groups excluding carboxylic acids is 1. The summed E-state index contributed by atoms with van der Waals surface area (Å²) in [5, 5.41) is 10.7. The molecule has 2 N–H and O–H groups in total. The van der Waals surface area contributed by atoms with E-state index in [0.29, 0.717) is 34.3 Å². The van der Waals surface area contributed by atoms with E-state index in [0.717, 1.165) is 40.2 Å². The standard InChI is InChI=1S/C34H23F2N7O2/c1-20-32(45-19-38-20)22-8-5-10-24(18-22)40-34-37-15-14-27(41-34)30-28-13-2-3-16-43(28)42-31(30)21-7-4-9-23(17-21)39-33(44)29-25(35)11-6-12-26(29)36/h2-19H,1H3,(H,39,44)(H,37,40,41). The number of oxazole rings is 1. The summed E-state index contributed by atoms with van der Waals surface area (Å²) in [4.78, 5) is 26.2. The van der Waals surface area contributed by atoms with Gasteiger partial charge in [0.2, 0.25) is 5.95 Å². The lowest BCUT2D eigenvalue weighted by atomic mass is 10.0. The average molecular weight is 600 g/mol. The zero-order valence-electron chi connectivity index (χ0n) is 23.7. The van der Waals surface area contributed by atoms with E-state index in [4.69, 9.17) is 14.5 Å². The number of hydrogen-bond donors (Lipinski definition) is 2. The summed E-state index contributed by atoms with van der Waals surface area (Å²) in [6, 6.07) is 25.3. The second-order valence-corrected chi connectivity index (χ2v) is 10.1. The molecule has 0 saturated heterocycles. The minimum Gasteiger partial charge on any atom is -0.443 e. The summed E-state index contributed by atoms with van der Waals surface area (Å²) >= 11 is 0. The number of benzene rings is 3. The van der Waals surface area contributed by atoms with Gasteiger partial charge in [-0.25, -0.2) is 28.2 Å². The maximum Gasteiger partial charge on any atom is 0.261 e. The molecule has 4 aromatic heterocycles. The Kier molecular flexibility index (Phi) is 7.02. The predicted octanol–water partition coefficient (Wildman–Crippen LogP) is 7.70. The van der Waals surface area contributed by atoms with Gasteiger partial charge in [0.15, 0.2) is 12.2 Å². The van der Waals surface area contributed by atoms with Crippen LogP contribution in [0, 0.1) is 18.6 Å². The van der Waals surface area contributed by atoms with Gasteiger partial charge >= 0.3 is 0 Å². The van der Waals surface area contributed by atoms with E-state index in [-0.39, 0.29) is 0 Å². The van der Waals surface area contributed by atoms with Crippen LogP contribution < -0.4 is 10.6 Å². The molecule has 9 nitrogen and oxygen atoms in total. The van der Waals surface area contributed by atoms with Crippen molar-refractivity contribution < 1.29 is 18.0 Å². The second-order valence-electron chi connectivity index (χ2n) is 10.1. The molecule has 11 heteroatoms. The first-order valence-corrected chi connectivity index (χ1v) is 13.9. The Morgan fingerprint density at radius 2 is 1.60 bits per heavy atom. The Hall–Kier alpha value is -6.23. The van der Waals surface area contributed by atoms with E-state index < -0.39 is 23.1 Å². The lowest BCUT2D eigenvalue weighted by molar-refractivity contribution is 0.101. The van der Waals surface area contributed by atoms with E-state index in [2.05, 4.69) is 20.6 Å². The molecular weight excluding hydrogens is 576 g/mol. The number of aromatic nitrogens is 5. The number of carbonyl (C=O) groups is 1. The number of pyridine rings is 1. The van der Waals surface area contributed by atoms with E-state index in [1.54, 1.807) is 35.0 Å². The van der Waals surface area contributed by atoms with Gasteiger partial charge in [-0.1, -0.05) is 36.4 Å². The van der Waals surface area contributed by atoms with Crippen molar-refractivity contribution in [1.29, 1.82) is 0 Å². The van der Waals surface area contributed by atoms with Crippen molar-refractivity contribution in [2.45, 2.75) is 6.92 Å². The van der Waals surface area contributed by atoms with E-state index in [1.165, 1.54) is 12.5 Å². The Balaban J connectivity index is 1.24. The van der Waals surface area contributed by atoms with Crippen LogP contribution in [0.3, 0.4) is 0 Å². The smallest absolute Gasteiger partial charge is 0.261 e. The van der Waals surface area contributed by atoms with Crippen LogP contribution in [0.4, 0.5) is 26.1 Å². The molecule has 0 radical (unpaired) electrons. The second kappa shape index (κ2) is 11.5. The lowest BCUT2D eigenvalue weighted by Crippen LogP contribution is -2.15. The molecule has 45 heavy (non-hydrogen) atoms. The Labute approximate surface area is 255 Å². The van der Waals surface area contributed by atoms with E-state index >= 15 is 0 Å². The average Bonchev–Trinajstić information content (AvgIpc) is 3.65. The van der Waals surface area contributed by atoms with Gasteiger partial charge < -0.3 is 15.1 Å². The van der Waals surface area contributed by atoms with Gasteiger partial charge in [0.25, 0.3) is 5.91 Å². The number of rotatable bonds is 7. The number of nitrogens with one attached hydrogen (secondary N) is 2. The fourth-order valence-electron chi connectivity index (χ4n) is 5.11. The Morgan fingerprint density at radius 1 is 0.844 bits per heavy atom. The lowest BCUT2D eigenvalue weighted by Gasteiger charge is -2.10. The van der Waals surface area contributed by atoms with Crippen molar-refractivity contribution in [2.75, 3.05) is 10.6 Å². The molecule has 0 aliphatic heterocycles. The minimum absolute atomic E-state index is 0.343. The first-order valence-electron chi connectivity index (χ1n) is 13.9. The molecule has 220 valence electrons. The molecule has 3 aromatic carbocycles. The minimum atomic E-state index is -0.945. The summed E-state index contributed by atoms with van der Waals surface area (Å²) < 4.78 is 35.8. The van der Waals surface area contributed by atoms with Gasteiger partial charge in [0.05, 0.1) is 22.5 Å². The van der Waals surface area contributed by atoms with Gasteiger partial charge in [-0.2, -0.15) is 5.10 Å². The third-order valence-electron chi connectivity index (χ3n) is 7.16. The molecule has 0 unspecified atom stereocenters. The van der Waals surface area contributed by atoms with Crippen LogP contribution in [0.5, 0.6) is 0 Å². The largest absolute Gasteiger partial charge is 0.443 e. The number of nitrogens with zero attached hydrogens (tertiary/aromatic N) is 5. The van der Waals surface area contributed by atoms with Crippen LogP contribution in [0.15, 0.2) is 114 Å². The van der Waals surface area contributed by atoms with Crippen molar-refractivity contribution >= 4 is 28.7 Å². The van der Waals surface area contributed by atoms with Gasteiger partial charge in [-0.05, 0) is 61.5 Å². The highest BCUT2D eigenvalue weighted by atomic mass is 19.1. The molecule has 0 fully saturated rings. The van der Waals surface area contributed by atoms with Crippen molar-refractivity contribution in [3.63, 3.8) is 0 Å². The maximum absolute atomic E-state index is 14.2. The number of amides is 1. The summed E-state index contributed by atoms with van der Waals surface area (Å²) in [6.45, 7) is 1.88. The monoisotopic (exact) mass is 599 g/mol. The molecule has 4 heterocycles. The number of halogens is 2. The van der Waals surface area contributed by atoms with Crippen molar-refractivity contribution in [3.05, 3.63) is 133 Å². The zero-order valence-corrected chi connectivity index (χ0v) is 23.7. The SMILES string of the molecule is Cc1ncoc1-c1cccc(Nc2nccc(-c3c(-c4cccc(NC(=O)c5c(F)cccc5F)c4)nn4ccccc34)n2)c1. The molecule has 0 saturated carbocycles. The van der Waals surface area contributed by atoms with Gasteiger partial charge in [0, 0.05) is 34.9 Å². The molecule has 0 aliphatic rings. The van der Waals surface area contributed by atoms with Crippen LogP contribution in [-0.4, -0.2) is 30.5 Å². The number of aryl methyl sites for hydroxylation is 1. The van der Waals surface area contributed by atoms with Crippen LogP contribution >= 0.6 is 0 Å². The Morgan fingerprint density at radius 3 is 2.40 bits per heavy atom. The van der Waals surface area contributed by atoms with Crippen LogP contribution in [0.1, 0.15) is 16.1 Å². The molecule has 0 spiro atoms. The van der Waals surface area contributed by atoms with E-state index in [9.17, 15) is 13.6 Å². The van der Waals surface area contributed by atoms with Gasteiger partial charge in [-0.15, -0.1) is 0 Å². The van der Waals surface area contributed by atoms with Crippen molar-refractivity contribution in [3.8, 4) is 33.8 Å². The van der Waals surface area contributed by atoms with Crippen LogP contribution in [-0.2, 0) is 0 Å². The highest BCUT2D eigenvalue weighted by molar-refractivity contribution is 6.05. The van der Waals surface area contributed by atoms with Crippen LogP contribution in [0.2, 0.25) is 0 Å².